The summed E-state index contributed by atoms with van der Waals surface area (Å²) in [4.78, 5) is 52.4. The maximum atomic E-state index is 13.2. The van der Waals surface area contributed by atoms with Gasteiger partial charge in [-0.3, -0.25) is 14.9 Å². The number of nitrogens with zero attached hydrogens (tertiary/aromatic N) is 2. The zero-order valence-electron chi connectivity index (χ0n) is 22.4. The second-order valence-electron chi connectivity index (χ2n) is 8.46. The molecule has 14 nitrogen and oxygen atoms in total. The van der Waals surface area contributed by atoms with Crippen molar-refractivity contribution in [2.75, 3.05) is 38.2 Å². The lowest BCUT2D eigenvalue weighted by atomic mass is 10.0. The standard InChI is InChI=1S/C25H30N6O8S2/c1-3-38-24(34)29-22(33)20-18-9-12-30(25(35)39-4-2)15-19(18)40-23(20)28-21(32)16-5-7-17(8-6-16)41(36,37)31(13-10-26)14-11-27/h5-8,10-11,26-27H,3-4,9,12-15H2,1-2H3,(H,28,32)(H,29,33,34). The molecule has 2 aromatic rings. The SMILES string of the molecule is CCOC(=O)NC(=O)c1c(NC(=O)c2ccc(S(=O)(=O)N(CC=N)CC=N)cc2)sc2c1CCN(C(=O)OCC)C2. The third-order valence-electron chi connectivity index (χ3n) is 5.87. The summed E-state index contributed by atoms with van der Waals surface area (Å²) in [6, 6.07) is 5.06. The molecule has 0 fully saturated rings. The molecule has 0 spiro atoms. The fourth-order valence-corrected chi connectivity index (χ4v) is 6.58. The van der Waals surface area contributed by atoms with Crippen LogP contribution in [0, 0.1) is 10.8 Å². The number of rotatable bonds is 11. The van der Waals surface area contributed by atoms with E-state index in [-0.39, 0.29) is 66.8 Å². The number of carbonyl (C=O) groups excluding carboxylic acids is 4. The Morgan fingerprint density at radius 2 is 1.66 bits per heavy atom. The number of hydrogen-bond donors (Lipinski definition) is 4. The number of amides is 4. The zero-order chi connectivity index (χ0) is 30.2. The lowest BCUT2D eigenvalue weighted by Gasteiger charge is -2.26. The normalized spacial score (nSPS) is 12.7. The lowest BCUT2D eigenvalue weighted by Crippen LogP contribution is -2.37. The van der Waals surface area contributed by atoms with Gasteiger partial charge in [-0.25, -0.2) is 18.0 Å². The minimum absolute atomic E-state index is 0.0468. The van der Waals surface area contributed by atoms with E-state index in [1.807, 2.05) is 0 Å². The molecular weight excluding hydrogens is 576 g/mol. The van der Waals surface area contributed by atoms with Crippen molar-refractivity contribution in [3.63, 3.8) is 0 Å². The van der Waals surface area contributed by atoms with E-state index in [4.69, 9.17) is 20.3 Å². The monoisotopic (exact) mass is 606 g/mol. The van der Waals surface area contributed by atoms with Crippen molar-refractivity contribution in [2.24, 2.45) is 0 Å². The quantitative estimate of drug-likeness (QED) is 0.280. The maximum absolute atomic E-state index is 13.2. The largest absolute Gasteiger partial charge is 0.450 e. The fourth-order valence-electron chi connectivity index (χ4n) is 4.00. The van der Waals surface area contributed by atoms with E-state index in [0.717, 1.165) is 28.1 Å². The number of sulfonamides is 1. The Morgan fingerprint density at radius 1 is 1.02 bits per heavy atom. The number of imide groups is 1. The van der Waals surface area contributed by atoms with Gasteiger partial charge in [-0.05, 0) is 50.1 Å². The molecule has 0 radical (unpaired) electrons. The van der Waals surface area contributed by atoms with E-state index in [1.165, 1.54) is 29.2 Å². The van der Waals surface area contributed by atoms with E-state index in [2.05, 4.69) is 10.6 Å². The van der Waals surface area contributed by atoms with Crippen molar-refractivity contribution in [3.05, 3.63) is 45.8 Å². The van der Waals surface area contributed by atoms with Crippen LogP contribution in [0.1, 0.15) is 45.0 Å². The topological polar surface area (TPSA) is 199 Å². The molecule has 0 atom stereocenters. The van der Waals surface area contributed by atoms with Crippen LogP contribution in [0.25, 0.3) is 0 Å². The summed E-state index contributed by atoms with van der Waals surface area (Å²) in [6.45, 7) is 3.49. The van der Waals surface area contributed by atoms with Crippen LogP contribution in [0.5, 0.6) is 0 Å². The van der Waals surface area contributed by atoms with Crippen molar-refractivity contribution in [2.45, 2.75) is 31.7 Å². The van der Waals surface area contributed by atoms with Gasteiger partial charge >= 0.3 is 12.2 Å². The van der Waals surface area contributed by atoms with E-state index >= 15 is 0 Å². The fraction of sp³-hybridized carbons (Fsp3) is 0.360. The molecule has 0 saturated heterocycles. The first kappa shape index (κ1) is 31.4. The van der Waals surface area contributed by atoms with Crippen molar-refractivity contribution < 1.29 is 37.1 Å². The molecule has 1 aromatic carbocycles. The van der Waals surface area contributed by atoms with Gasteiger partial charge in [0.1, 0.15) is 5.00 Å². The molecule has 2 heterocycles. The van der Waals surface area contributed by atoms with E-state index in [0.29, 0.717) is 10.4 Å². The van der Waals surface area contributed by atoms with Gasteiger partial charge in [-0.2, -0.15) is 4.31 Å². The van der Waals surface area contributed by atoms with Crippen LogP contribution >= 0.6 is 11.3 Å². The highest BCUT2D eigenvalue weighted by Gasteiger charge is 2.32. The van der Waals surface area contributed by atoms with E-state index in [9.17, 15) is 27.6 Å². The number of nitrogens with one attached hydrogen (secondary N) is 4. The second kappa shape index (κ2) is 14.0. The van der Waals surface area contributed by atoms with Gasteiger partial charge in [0.15, 0.2) is 0 Å². The Balaban J connectivity index is 1.90. The first-order chi connectivity index (χ1) is 19.6. The highest BCUT2D eigenvalue weighted by atomic mass is 32.2. The summed E-state index contributed by atoms with van der Waals surface area (Å²) in [7, 11) is -4.02. The summed E-state index contributed by atoms with van der Waals surface area (Å²) in [5, 5.41) is 19.4. The molecule has 4 amide bonds. The smallest absolute Gasteiger partial charge is 0.414 e. The summed E-state index contributed by atoms with van der Waals surface area (Å²) in [5.41, 5.74) is 0.737. The number of hydrogen-bond acceptors (Lipinski definition) is 11. The summed E-state index contributed by atoms with van der Waals surface area (Å²) < 4.78 is 36.5. The number of alkyl carbamates (subject to hydrolysis) is 1. The summed E-state index contributed by atoms with van der Waals surface area (Å²) >= 11 is 1.08. The summed E-state index contributed by atoms with van der Waals surface area (Å²) in [6.07, 6.45) is 0.636. The van der Waals surface area contributed by atoms with Crippen LogP contribution in [0.4, 0.5) is 14.6 Å². The Labute approximate surface area is 240 Å². The van der Waals surface area contributed by atoms with E-state index < -0.39 is 34.0 Å². The average Bonchev–Trinajstić information content (AvgIpc) is 3.30. The van der Waals surface area contributed by atoms with Gasteiger partial charge in [-0.1, -0.05) is 0 Å². The molecule has 3 rings (SSSR count). The number of benzene rings is 1. The minimum atomic E-state index is -4.02. The predicted molar refractivity (Wildman–Crippen MR) is 151 cm³/mol. The first-order valence-corrected chi connectivity index (χ1v) is 14.8. The van der Waals surface area contributed by atoms with Crippen LogP contribution in [0.15, 0.2) is 29.2 Å². The van der Waals surface area contributed by atoms with Crippen molar-refractivity contribution in [1.82, 2.24) is 14.5 Å². The summed E-state index contributed by atoms with van der Waals surface area (Å²) in [5.74, 6) is -1.42. The average molecular weight is 607 g/mol. The number of ether oxygens (including phenoxy) is 2. The predicted octanol–water partition coefficient (Wildman–Crippen LogP) is 2.69. The molecule has 4 N–H and O–H groups in total. The molecule has 16 heteroatoms. The van der Waals surface area contributed by atoms with E-state index in [1.54, 1.807) is 13.8 Å². The van der Waals surface area contributed by atoms with Crippen LogP contribution in [-0.4, -0.2) is 86.9 Å². The third-order valence-corrected chi connectivity index (χ3v) is 8.85. The van der Waals surface area contributed by atoms with Gasteiger partial charge in [0.25, 0.3) is 11.8 Å². The molecule has 0 unspecified atom stereocenters. The minimum Gasteiger partial charge on any atom is -0.450 e. The van der Waals surface area contributed by atoms with Gasteiger partial charge in [-0.15, -0.1) is 11.3 Å². The number of fused-ring (bicyclic) bond motifs is 1. The van der Waals surface area contributed by atoms with Gasteiger partial charge in [0.2, 0.25) is 10.0 Å². The molecule has 0 aliphatic carbocycles. The van der Waals surface area contributed by atoms with Crippen LogP contribution in [-0.2, 0) is 32.5 Å². The molecule has 1 aliphatic rings. The van der Waals surface area contributed by atoms with Crippen LogP contribution in [0.3, 0.4) is 0 Å². The van der Waals surface area contributed by atoms with Crippen LogP contribution in [0.2, 0.25) is 0 Å². The lowest BCUT2D eigenvalue weighted by molar-refractivity contribution is 0.0924. The highest BCUT2D eigenvalue weighted by Crippen LogP contribution is 2.37. The molecule has 0 saturated carbocycles. The number of anilines is 1. The second-order valence-corrected chi connectivity index (χ2v) is 11.5. The number of thiophene rings is 1. The third kappa shape index (κ3) is 7.33. The maximum Gasteiger partial charge on any atom is 0.414 e. The highest BCUT2D eigenvalue weighted by molar-refractivity contribution is 7.89. The molecular formula is C25H30N6O8S2. The first-order valence-electron chi connectivity index (χ1n) is 12.5. The van der Waals surface area contributed by atoms with Crippen LogP contribution < -0.4 is 10.6 Å². The van der Waals surface area contributed by atoms with Gasteiger partial charge in [0.05, 0.1) is 30.2 Å². The van der Waals surface area contributed by atoms with Gasteiger partial charge in [0, 0.05) is 42.5 Å². The van der Waals surface area contributed by atoms with Crippen molar-refractivity contribution in [3.8, 4) is 0 Å². The molecule has 1 aromatic heterocycles. The Kier molecular flexibility index (Phi) is 10.7. The molecule has 0 bridgehead atoms. The Hall–Kier alpha value is -4.15. The Morgan fingerprint density at radius 3 is 2.24 bits per heavy atom. The zero-order valence-corrected chi connectivity index (χ0v) is 24.0. The van der Waals surface area contributed by atoms with Gasteiger partial charge < -0.3 is 30.5 Å². The van der Waals surface area contributed by atoms with Crippen molar-refractivity contribution in [1.29, 1.82) is 10.8 Å². The number of carbonyl (C=O) groups is 4. The molecule has 1 aliphatic heterocycles. The Bertz CT molecular complexity index is 1430. The molecule has 41 heavy (non-hydrogen) atoms. The molecule has 220 valence electrons. The van der Waals surface area contributed by atoms with Crippen molar-refractivity contribution >= 4 is 62.8 Å².